The maximum atomic E-state index is 9.31. The Balaban J connectivity index is 3.12. The van der Waals surface area contributed by atoms with Gasteiger partial charge in [0.2, 0.25) is 0 Å². The summed E-state index contributed by atoms with van der Waals surface area (Å²) in [5.74, 6) is 0. The summed E-state index contributed by atoms with van der Waals surface area (Å²) in [6.45, 7) is 8.94. The van der Waals surface area contributed by atoms with Crippen LogP contribution in [0, 0.1) is 0 Å². The average Bonchev–Trinajstić information content (AvgIpc) is 2.36. The van der Waals surface area contributed by atoms with Gasteiger partial charge < -0.3 is 10.0 Å². The standard InChI is InChI=1S/C15H25NO/c1-6-12-8-13(11-17)10-14(9-12)16(5)15(3,4)7-2/h8-10,17H,6-7,11H2,1-5H3. The lowest BCUT2D eigenvalue weighted by atomic mass is 9.98. The van der Waals surface area contributed by atoms with Gasteiger partial charge in [-0.15, -0.1) is 0 Å². The molecule has 0 saturated heterocycles. The number of aryl methyl sites for hydroxylation is 1. The van der Waals surface area contributed by atoms with Gasteiger partial charge in [-0.1, -0.05) is 19.9 Å². The van der Waals surface area contributed by atoms with Gasteiger partial charge in [0.05, 0.1) is 6.61 Å². The summed E-state index contributed by atoms with van der Waals surface area (Å²) >= 11 is 0. The quantitative estimate of drug-likeness (QED) is 0.846. The van der Waals surface area contributed by atoms with E-state index < -0.39 is 0 Å². The van der Waals surface area contributed by atoms with Crippen LogP contribution in [0.1, 0.15) is 45.2 Å². The second-order valence-corrected chi connectivity index (χ2v) is 5.24. The normalized spacial score (nSPS) is 11.6. The van der Waals surface area contributed by atoms with Crippen LogP contribution in [0.15, 0.2) is 18.2 Å². The number of aliphatic hydroxyl groups is 1. The Kier molecular flexibility index (Phi) is 4.58. The zero-order chi connectivity index (χ0) is 13.1. The minimum absolute atomic E-state index is 0.112. The molecule has 0 saturated carbocycles. The predicted molar refractivity (Wildman–Crippen MR) is 74.5 cm³/mol. The number of nitrogens with zero attached hydrogens (tertiary/aromatic N) is 1. The SMILES string of the molecule is CCc1cc(CO)cc(N(C)C(C)(C)CC)c1. The minimum atomic E-state index is 0.112. The summed E-state index contributed by atoms with van der Waals surface area (Å²) in [6.07, 6.45) is 2.09. The molecule has 0 aliphatic rings. The van der Waals surface area contributed by atoms with E-state index in [1.54, 1.807) is 0 Å². The molecule has 2 heteroatoms. The van der Waals surface area contributed by atoms with Gasteiger partial charge in [0.25, 0.3) is 0 Å². The van der Waals surface area contributed by atoms with Gasteiger partial charge in [0.1, 0.15) is 0 Å². The highest BCUT2D eigenvalue weighted by Crippen LogP contribution is 2.27. The molecule has 1 rings (SSSR count). The number of benzene rings is 1. The molecule has 0 radical (unpaired) electrons. The summed E-state index contributed by atoms with van der Waals surface area (Å²) in [6, 6.07) is 6.38. The molecule has 96 valence electrons. The number of hydrogen-bond acceptors (Lipinski definition) is 2. The molecular formula is C15H25NO. The highest BCUT2D eigenvalue weighted by molar-refractivity contribution is 5.52. The van der Waals surface area contributed by atoms with Crippen LogP contribution in [0.5, 0.6) is 0 Å². The molecular weight excluding hydrogens is 210 g/mol. The van der Waals surface area contributed by atoms with Crippen molar-refractivity contribution < 1.29 is 5.11 Å². The Morgan fingerprint density at radius 3 is 2.18 bits per heavy atom. The highest BCUT2D eigenvalue weighted by Gasteiger charge is 2.21. The van der Waals surface area contributed by atoms with Crippen LogP contribution >= 0.6 is 0 Å². The van der Waals surface area contributed by atoms with Crippen molar-refractivity contribution in [1.82, 2.24) is 0 Å². The smallest absolute Gasteiger partial charge is 0.0682 e. The second kappa shape index (κ2) is 5.54. The van der Waals surface area contributed by atoms with Crippen molar-refractivity contribution in [3.63, 3.8) is 0 Å². The fourth-order valence-electron chi connectivity index (χ4n) is 1.82. The zero-order valence-corrected chi connectivity index (χ0v) is 11.7. The molecule has 0 aromatic heterocycles. The molecule has 2 nitrogen and oxygen atoms in total. The van der Waals surface area contributed by atoms with Crippen LogP contribution in [0.25, 0.3) is 0 Å². The first-order chi connectivity index (χ1) is 7.94. The van der Waals surface area contributed by atoms with Crippen LogP contribution in [-0.4, -0.2) is 17.7 Å². The molecule has 1 aromatic carbocycles. The molecule has 0 aliphatic carbocycles. The third kappa shape index (κ3) is 3.22. The molecule has 0 atom stereocenters. The largest absolute Gasteiger partial charge is 0.392 e. The van der Waals surface area contributed by atoms with E-state index in [0.717, 1.165) is 18.4 Å². The van der Waals surface area contributed by atoms with Crippen molar-refractivity contribution in [3.05, 3.63) is 29.3 Å². The monoisotopic (exact) mass is 235 g/mol. The van der Waals surface area contributed by atoms with E-state index in [4.69, 9.17) is 0 Å². The number of hydrogen-bond donors (Lipinski definition) is 1. The first kappa shape index (κ1) is 14.0. The van der Waals surface area contributed by atoms with Gasteiger partial charge in [0.15, 0.2) is 0 Å². The molecule has 0 bridgehead atoms. The van der Waals surface area contributed by atoms with Gasteiger partial charge in [0, 0.05) is 18.3 Å². The maximum absolute atomic E-state index is 9.31. The van der Waals surface area contributed by atoms with E-state index in [-0.39, 0.29) is 12.1 Å². The molecule has 0 unspecified atom stereocenters. The Morgan fingerprint density at radius 1 is 1.12 bits per heavy atom. The third-order valence-electron chi connectivity index (χ3n) is 3.79. The van der Waals surface area contributed by atoms with E-state index in [0.29, 0.717) is 0 Å². The van der Waals surface area contributed by atoms with E-state index in [1.165, 1.54) is 11.3 Å². The van der Waals surface area contributed by atoms with Crippen molar-refractivity contribution >= 4 is 5.69 Å². The molecule has 0 amide bonds. The van der Waals surface area contributed by atoms with Crippen molar-refractivity contribution in [2.75, 3.05) is 11.9 Å². The van der Waals surface area contributed by atoms with Crippen LogP contribution in [0.4, 0.5) is 5.69 Å². The van der Waals surface area contributed by atoms with Gasteiger partial charge >= 0.3 is 0 Å². The summed E-state index contributed by atoms with van der Waals surface area (Å²) < 4.78 is 0. The number of anilines is 1. The Morgan fingerprint density at radius 2 is 1.71 bits per heavy atom. The molecule has 1 N–H and O–H groups in total. The van der Waals surface area contributed by atoms with Crippen molar-refractivity contribution in [1.29, 1.82) is 0 Å². The summed E-state index contributed by atoms with van der Waals surface area (Å²) in [4.78, 5) is 2.30. The van der Waals surface area contributed by atoms with Crippen LogP contribution < -0.4 is 4.90 Å². The molecule has 0 heterocycles. The maximum Gasteiger partial charge on any atom is 0.0682 e. The minimum Gasteiger partial charge on any atom is -0.392 e. The van der Waals surface area contributed by atoms with Gasteiger partial charge in [-0.2, -0.15) is 0 Å². The van der Waals surface area contributed by atoms with Crippen molar-refractivity contribution in [3.8, 4) is 0 Å². The number of rotatable bonds is 5. The lowest BCUT2D eigenvalue weighted by Crippen LogP contribution is -2.40. The molecule has 0 aliphatic heterocycles. The highest BCUT2D eigenvalue weighted by atomic mass is 16.3. The second-order valence-electron chi connectivity index (χ2n) is 5.24. The van der Waals surface area contributed by atoms with Crippen LogP contribution in [0.2, 0.25) is 0 Å². The van der Waals surface area contributed by atoms with Gasteiger partial charge in [-0.3, -0.25) is 0 Å². The number of aliphatic hydroxyl groups excluding tert-OH is 1. The first-order valence-electron chi connectivity index (χ1n) is 6.42. The molecule has 17 heavy (non-hydrogen) atoms. The fourth-order valence-corrected chi connectivity index (χ4v) is 1.82. The van der Waals surface area contributed by atoms with E-state index in [1.807, 2.05) is 0 Å². The van der Waals surface area contributed by atoms with Crippen molar-refractivity contribution in [2.24, 2.45) is 0 Å². The zero-order valence-electron chi connectivity index (χ0n) is 11.7. The molecule has 0 spiro atoms. The van der Waals surface area contributed by atoms with E-state index in [9.17, 15) is 5.11 Å². The van der Waals surface area contributed by atoms with Crippen LogP contribution in [-0.2, 0) is 13.0 Å². The Bertz CT molecular complexity index is 349. The van der Waals surface area contributed by atoms with Gasteiger partial charge in [-0.25, -0.2) is 0 Å². The third-order valence-corrected chi connectivity index (χ3v) is 3.79. The average molecular weight is 235 g/mol. The Labute approximate surface area is 105 Å². The molecule has 0 fully saturated rings. The van der Waals surface area contributed by atoms with Crippen LogP contribution in [0.3, 0.4) is 0 Å². The topological polar surface area (TPSA) is 23.5 Å². The van der Waals surface area contributed by atoms with E-state index in [2.05, 4.69) is 57.8 Å². The summed E-state index contributed by atoms with van der Waals surface area (Å²) in [5.41, 5.74) is 3.61. The summed E-state index contributed by atoms with van der Waals surface area (Å²) in [5, 5.41) is 9.31. The summed E-state index contributed by atoms with van der Waals surface area (Å²) in [7, 11) is 2.12. The van der Waals surface area contributed by atoms with Gasteiger partial charge in [-0.05, 0) is 49.9 Å². The fraction of sp³-hybridized carbons (Fsp3) is 0.600. The van der Waals surface area contributed by atoms with E-state index >= 15 is 0 Å². The lowest BCUT2D eigenvalue weighted by Gasteiger charge is -2.37. The lowest BCUT2D eigenvalue weighted by molar-refractivity contribution is 0.281. The first-order valence-corrected chi connectivity index (χ1v) is 6.42. The molecule has 1 aromatic rings. The predicted octanol–water partition coefficient (Wildman–Crippen LogP) is 3.37. The van der Waals surface area contributed by atoms with Crippen molar-refractivity contribution in [2.45, 2.75) is 52.7 Å². The Hall–Kier alpha value is -1.02.